The van der Waals surface area contributed by atoms with Crippen molar-refractivity contribution in [3.8, 4) is 5.75 Å². The van der Waals surface area contributed by atoms with Gasteiger partial charge in [0.15, 0.2) is 0 Å². The zero-order valence-electron chi connectivity index (χ0n) is 10.1. The predicted molar refractivity (Wildman–Crippen MR) is 65.1 cm³/mol. The van der Waals surface area contributed by atoms with E-state index in [2.05, 4.69) is 20.8 Å². The summed E-state index contributed by atoms with van der Waals surface area (Å²) in [6, 6.07) is 7.15. The van der Waals surface area contributed by atoms with Crippen molar-refractivity contribution in [2.75, 3.05) is 6.26 Å². The summed E-state index contributed by atoms with van der Waals surface area (Å²) in [5, 5.41) is 0. The van der Waals surface area contributed by atoms with E-state index in [0.29, 0.717) is 5.75 Å². The third-order valence-corrected chi connectivity index (χ3v) is 2.40. The highest BCUT2D eigenvalue weighted by Crippen LogP contribution is 2.22. The first-order valence-corrected chi connectivity index (χ1v) is 6.96. The molecule has 90 valence electrons. The normalized spacial score (nSPS) is 12.5. The number of benzene rings is 1. The lowest BCUT2D eigenvalue weighted by Crippen LogP contribution is -2.09. The standard InChI is InChI=1S/C12H18O3S/c1-12(2,3)9-10-5-7-11(8-6-10)15-16(4,13)14/h5-8H,9H2,1-4H3. The van der Waals surface area contributed by atoms with Gasteiger partial charge in [-0.1, -0.05) is 32.9 Å². The quantitative estimate of drug-likeness (QED) is 0.765. The van der Waals surface area contributed by atoms with Crippen LogP contribution in [0.4, 0.5) is 0 Å². The van der Waals surface area contributed by atoms with Gasteiger partial charge in [-0.2, -0.15) is 8.42 Å². The molecule has 16 heavy (non-hydrogen) atoms. The van der Waals surface area contributed by atoms with E-state index in [-0.39, 0.29) is 5.41 Å². The van der Waals surface area contributed by atoms with Crippen LogP contribution in [-0.2, 0) is 16.5 Å². The smallest absolute Gasteiger partial charge is 0.306 e. The highest BCUT2D eigenvalue weighted by Gasteiger charge is 2.11. The third kappa shape index (κ3) is 5.16. The van der Waals surface area contributed by atoms with E-state index in [4.69, 9.17) is 4.18 Å². The Morgan fingerprint density at radius 2 is 1.62 bits per heavy atom. The molecule has 0 spiro atoms. The van der Waals surface area contributed by atoms with Crippen molar-refractivity contribution in [3.63, 3.8) is 0 Å². The predicted octanol–water partition coefficient (Wildman–Crippen LogP) is 2.61. The van der Waals surface area contributed by atoms with Gasteiger partial charge in [-0.15, -0.1) is 0 Å². The maximum absolute atomic E-state index is 10.9. The molecule has 0 aliphatic rings. The van der Waals surface area contributed by atoms with E-state index >= 15 is 0 Å². The first-order valence-electron chi connectivity index (χ1n) is 5.14. The molecule has 3 nitrogen and oxygen atoms in total. The molecule has 0 aliphatic heterocycles. The van der Waals surface area contributed by atoms with Crippen LogP contribution in [0.5, 0.6) is 5.75 Å². The molecular formula is C12H18O3S. The largest absolute Gasteiger partial charge is 0.383 e. The zero-order valence-corrected chi connectivity index (χ0v) is 11.0. The zero-order chi connectivity index (χ0) is 12.4. The minimum absolute atomic E-state index is 0.221. The third-order valence-electron chi connectivity index (χ3n) is 1.91. The Kier molecular flexibility index (Phi) is 3.63. The fourth-order valence-electron chi connectivity index (χ4n) is 1.45. The lowest BCUT2D eigenvalue weighted by Gasteiger charge is -2.18. The van der Waals surface area contributed by atoms with Crippen LogP contribution in [0.3, 0.4) is 0 Å². The molecule has 0 aromatic heterocycles. The van der Waals surface area contributed by atoms with Crippen molar-refractivity contribution in [1.29, 1.82) is 0 Å². The Hall–Kier alpha value is -1.03. The van der Waals surface area contributed by atoms with Crippen LogP contribution in [-0.4, -0.2) is 14.7 Å². The van der Waals surface area contributed by atoms with E-state index in [0.717, 1.165) is 12.7 Å². The van der Waals surface area contributed by atoms with Gasteiger partial charge < -0.3 is 4.18 Å². The van der Waals surface area contributed by atoms with Crippen molar-refractivity contribution in [2.24, 2.45) is 5.41 Å². The molecule has 0 amide bonds. The molecule has 0 saturated carbocycles. The molecule has 1 aromatic rings. The average molecular weight is 242 g/mol. The molecular weight excluding hydrogens is 224 g/mol. The van der Waals surface area contributed by atoms with Crippen LogP contribution in [0.25, 0.3) is 0 Å². The van der Waals surface area contributed by atoms with Crippen LogP contribution >= 0.6 is 0 Å². The van der Waals surface area contributed by atoms with Gasteiger partial charge >= 0.3 is 10.1 Å². The Labute approximate surface area is 97.6 Å². The van der Waals surface area contributed by atoms with Crippen molar-refractivity contribution in [2.45, 2.75) is 27.2 Å². The topological polar surface area (TPSA) is 43.4 Å². The van der Waals surface area contributed by atoms with Gasteiger partial charge in [0.1, 0.15) is 5.75 Å². The maximum Gasteiger partial charge on any atom is 0.306 e. The van der Waals surface area contributed by atoms with Crippen molar-refractivity contribution in [1.82, 2.24) is 0 Å². The summed E-state index contributed by atoms with van der Waals surface area (Å²) in [5.74, 6) is 0.361. The van der Waals surface area contributed by atoms with Crippen LogP contribution in [0.2, 0.25) is 0 Å². The van der Waals surface area contributed by atoms with Gasteiger partial charge in [0.05, 0.1) is 6.26 Å². The lowest BCUT2D eigenvalue weighted by atomic mass is 9.88. The number of rotatable bonds is 3. The Balaban J connectivity index is 2.76. The second-order valence-electron chi connectivity index (χ2n) is 5.17. The first kappa shape index (κ1) is 13.0. The molecule has 0 unspecified atom stereocenters. The molecule has 4 heteroatoms. The van der Waals surface area contributed by atoms with Crippen LogP contribution < -0.4 is 4.18 Å². The van der Waals surface area contributed by atoms with E-state index < -0.39 is 10.1 Å². The molecule has 0 fully saturated rings. The molecule has 1 rings (SSSR count). The van der Waals surface area contributed by atoms with Gasteiger partial charge in [0.25, 0.3) is 0 Å². The number of hydrogen-bond acceptors (Lipinski definition) is 3. The van der Waals surface area contributed by atoms with Gasteiger partial charge in [-0.05, 0) is 29.5 Å². The van der Waals surface area contributed by atoms with Gasteiger partial charge in [-0.25, -0.2) is 0 Å². The highest BCUT2D eigenvalue weighted by atomic mass is 32.2. The Bertz CT molecular complexity index is 438. The molecule has 0 N–H and O–H groups in total. The first-order chi connectivity index (χ1) is 7.16. The van der Waals surface area contributed by atoms with Gasteiger partial charge in [0.2, 0.25) is 0 Å². The summed E-state index contributed by atoms with van der Waals surface area (Å²) in [4.78, 5) is 0. The van der Waals surface area contributed by atoms with Crippen molar-refractivity contribution >= 4 is 10.1 Å². The van der Waals surface area contributed by atoms with Gasteiger partial charge in [-0.3, -0.25) is 0 Å². The van der Waals surface area contributed by atoms with Crippen LogP contribution in [0, 0.1) is 5.41 Å². The molecule has 0 saturated heterocycles. The fraction of sp³-hybridized carbons (Fsp3) is 0.500. The summed E-state index contributed by atoms with van der Waals surface area (Å²) in [7, 11) is -3.43. The monoisotopic (exact) mass is 242 g/mol. The van der Waals surface area contributed by atoms with E-state index in [9.17, 15) is 8.42 Å². The molecule has 0 aliphatic carbocycles. The Morgan fingerprint density at radius 1 is 1.12 bits per heavy atom. The summed E-state index contributed by atoms with van der Waals surface area (Å²) >= 11 is 0. The van der Waals surface area contributed by atoms with E-state index in [1.165, 1.54) is 5.56 Å². The molecule has 0 bridgehead atoms. The summed E-state index contributed by atoms with van der Waals surface area (Å²) < 4.78 is 26.5. The highest BCUT2D eigenvalue weighted by molar-refractivity contribution is 7.86. The molecule has 0 atom stereocenters. The Morgan fingerprint density at radius 3 is 2.00 bits per heavy atom. The fourth-order valence-corrected chi connectivity index (χ4v) is 1.91. The molecule has 0 radical (unpaired) electrons. The van der Waals surface area contributed by atoms with Gasteiger partial charge in [0, 0.05) is 0 Å². The van der Waals surface area contributed by atoms with Crippen molar-refractivity contribution in [3.05, 3.63) is 29.8 Å². The van der Waals surface area contributed by atoms with Crippen LogP contribution in [0.1, 0.15) is 26.3 Å². The number of hydrogen-bond donors (Lipinski definition) is 0. The molecule has 1 aromatic carbocycles. The molecule has 0 heterocycles. The second kappa shape index (κ2) is 4.45. The lowest BCUT2D eigenvalue weighted by molar-refractivity contribution is 0.411. The summed E-state index contributed by atoms with van der Waals surface area (Å²) in [6.45, 7) is 6.48. The summed E-state index contributed by atoms with van der Waals surface area (Å²) in [6.07, 6.45) is 1.99. The SMILES string of the molecule is CC(C)(C)Cc1ccc(OS(C)(=O)=O)cc1. The van der Waals surface area contributed by atoms with Crippen molar-refractivity contribution < 1.29 is 12.6 Å². The van der Waals surface area contributed by atoms with Crippen LogP contribution in [0.15, 0.2) is 24.3 Å². The van der Waals surface area contributed by atoms with E-state index in [1.807, 2.05) is 12.1 Å². The van der Waals surface area contributed by atoms with E-state index in [1.54, 1.807) is 12.1 Å². The second-order valence-corrected chi connectivity index (χ2v) is 6.74. The minimum Gasteiger partial charge on any atom is -0.383 e. The minimum atomic E-state index is -3.43. The average Bonchev–Trinajstić information content (AvgIpc) is 2.03. The maximum atomic E-state index is 10.9. The summed E-state index contributed by atoms with van der Waals surface area (Å²) in [5.41, 5.74) is 1.40.